The Kier molecular flexibility index (Phi) is 7.30. The van der Waals surface area contributed by atoms with E-state index in [-0.39, 0.29) is 17.9 Å². The van der Waals surface area contributed by atoms with Crippen LogP contribution in [0, 0.1) is 0 Å². The number of amides is 2. The SMILES string of the molecule is CC(C)(C)c1cc(C(=O)N(Cc2ccccc2)N2CCOCC2)ccc1CNC(=O)O. The van der Waals surface area contributed by atoms with Crippen molar-refractivity contribution >= 4 is 12.0 Å². The number of nitrogens with one attached hydrogen (secondary N) is 1. The van der Waals surface area contributed by atoms with Crippen molar-refractivity contribution in [3.05, 3.63) is 70.8 Å². The normalized spacial score (nSPS) is 14.8. The summed E-state index contributed by atoms with van der Waals surface area (Å²) in [5.74, 6) is -0.0750. The highest BCUT2D eigenvalue weighted by molar-refractivity contribution is 5.94. The fourth-order valence-electron chi connectivity index (χ4n) is 3.73. The summed E-state index contributed by atoms with van der Waals surface area (Å²) in [5, 5.41) is 15.3. The van der Waals surface area contributed by atoms with E-state index in [1.807, 2.05) is 42.5 Å². The van der Waals surface area contributed by atoms with Gasteiger partial charge in [0.05, 0.1) is 19.8 Å². The van der Waals surface area contributed by atoms with E-state index in [2.05, 4.69) is 31.1 Å². The highest BCUT2D eigenvalue weighted by atomic mass is 16.5. The maximum atomic E-state index is 13.6. The Morgan fingerprint density at radius 1 is 1.10 bits per heavy atom. The van der Waals surface area contributed by atoms with Gasteiger partial charge < -0.3 is 15.2 Å². The van der Waals surface area contributed by atoms with Crippen LogP contribution in [0.1, 0.15) is 47.8 Å². The van der Waals surface area contributed by atoms with E-state index in [1.54, 1.807) is 11.1 Å². The van der Waals surface area contributed by atoms with Crippen LogP contribution in [0.25, 0.3) is 0 Å². The molecule has 0 radical (unpaired) electrons. The molecule has 2 amide bonds. The third-order valence-electron chi connectivity index (χ3n) is 5.33. The van der Waals surface area contributed by atoms with Crippen LogP contribution >= 0.6 is 0 Å². The molecule has 0 bridgehead atoms. The largest absolute Gasteiger partial charge is 0.465 e. The molecule has 0 spiro atoms. The average molecular weight is 426 g/mol. The second-order valence-corrected chi connectivity index (χ2v) is 8.70. The number of hydrazine groups is 1. The predicted octanol–water partition coefficient (Wildman–Crippen LogP) is 3.64. The van der Waals surface area contributed by atoms with Gasteiger partial charge in [-0.3, -0.25) is 9.80 Å². The molecule has 1 fully saturated rings. The number of carbonyl (C=O) groups excluding carboxylic acids is 1. The first-order valence-electron chi connectivity index (χ1n) is 10.5. The van der Waals surface area contributed by atoms with Crippen LogP contribution in [0.2, 0.25) is 0 Å². The number of nitrogens with zero attached hydrogens (tertiary/aromatic N) is 2. The summed E-state index contributed by atoms with van der Waals surface area (Å²) in [6, 6.07) is 15.5. The van der Waals surface area contributed by atoms with E-state index in [1.165, 1.54) is 0 Å². The number of morpholine rings is 1. The molecule has 7 heteroatoms. The Balaban J connectivity index is 1.93. The average Bonchev–Trinajstić information content (AvgIpc) is 2.76. The molecule has 1 aliphatic heterocycles. The predicted molar refractivity (Wildman–Crippen MR) is 119 cm³/mol. The zero-order valence-corrected chi connectivity index (χ0v) is 18.4. The lowest BCUT2D eigenvalue weighted by Crippen LogP contribution is -2.51. The fourth-order valence-corrected chi connectivity index (χ4v) is 3.73. The Bertz CT molecular complexity index is 903. The molecule has 1 aliphatic rings. The highest BCUT2D eigenvalue weighted by Crippen LogP contribution is 2.28. The van der Waals surface area contributed by atoms with Gasteiger partial charge >= 0.3 is 6.09 Å². The van der Waals surface area contributed by atoms with E-state index < -0.39 is 6.09 Å². The Morgan fingerprint density at radius 2 is 1.77 bits per heavy atom. The number of hydrogen-bond donors (Lipinski definition) is 2. The summed E-state index contributed by atoms with van der Waals surface area (Å²) in [4.78, 5) is 24.6. The summed E-state index contributed by atoms with van der Waals surface area (Å²) < 4.78 is 5.48. The van der Waals surface area contributed by atoms with E-state index in [0.717, 1.165) is 16.7 Å². The van der Waals surface area contributed by atoms with Gasteiger partial charge in [0.1, 0.15) is 0 Å². The standard InChI is InChI=1S/C24H31N3O4/c1-24(2,3)21-15-19(9-10-20(21)16-25-23(29)30)22(28)27(26-11-13-31-14-12-26)17-18-7-5-4-6-8-18/h4-10,15,25H,11-14,16-17H2,1-3H3,(H,29,30). The van der Waals surface area contributed by atoms with Crippen molar-refractivity contribution in [3.8, 4) is 0 Å². The minimum absolute atomic E-state index is 0.0750. The number of hydrogen-bond acceptors (Lipinski definition) is 4. The maximum absolute atomic E-state index is 13.6. The Labute approximate surface area is 183 Å². The summed E-state index contributed by atoms with van der Waals surface area (Å²) >= 11 is 0. The second kappa shape index (κ2) is 9.94. The zero-order chi connectivity index (χ0) is 22.4. The van der Waals surface area contributed by atoms with E-state index >= 15 is 0 Å². The molecular weight excluding hydrogens is 394 g/mol. The molecule has 31 heavy (non-hydrogen) atoms. The number of benzene rings is 2. The number of carboxylic acid groups (broad SMARTS) is 1. The van der Waals surface area contributed by atoms with Gasteiger partial charge in [0.2, 0.25) is 0 Å². The third kappa shape index (κ3) is 6.06. The summed E-state index contributed by atoms with van der Waals surface area (Å²) in [6.45, 7) is 9.36. The van der Waals surface area contributed by atoms with Crippen molar-refractivity contribution in [3.63, 3.8) is 0 Å². The van der Waals surface area contributed by atoms with Crippen LogP contribution in [0.4, 0.5) is 4.79 Å². The first-order valence-corrected chi connectivity index (χ1v) is 10.5. The van der Waals surface area contributed by atoms with Crippen LogP contribution in [0.5, 0.6) is 0 Å². The molecule has 2 N–H and O–H groups in total. The van der Waals surface area contributed by atoms with Gasteiger partial charge in [-0.1, -0.05) is 57.2 Å². The first-order chi connectivity index (χ1) is 14.8. The molecule has 1 heterocycles. The first kappa shape index (κ1) is 22.8. The summed E-state index contributed by atoms with van der Waals surface area (Å²) in [6.07, 6.45) is -1.07. The smallest absolute Gasteiger partial charge is 0.404 e. The van der Waals surface area contributed by atoms with Crippen LogP contribution < -0.4 is 5.32 Å². The topological polar surface area (TPSA) is 82.1 Å². The summed E-state index contributed by atoms with van der Waals surface area (Å²) in [5.41, 5.74) is 3.22. The van der Waals surface area contributed by atoms with E-state index in [0.29, 0.717) is 38.4 Å². The lowest BCUT2D eigenvalue weighted by atomic mass is 9.82. The van der Waals surface area contributed by atoms with Gasteiger partial charge in [-0.05, 0) is 34.2 Å². The lowest BCUT2D eigenvalue weighted by molar-refractivity contribution is -0.0739. The molecule has 0 atom stereocenters. The lowest BCUT2D eigenvalue weighted by Gasteiger charge is -2.37. The third-order valence-corrected chi connectivity index (χ3v) is 5.33. The molecule has 0 aromatic heterocycles. The summed E-state index contributed by atoms with van der Waals surface area (Å²) in [7, 11) is 0. The molecule has 0 unspecified atom stereocenters. The number of ether oxygens (including phenoxy) is 1. The van der Waals surface area contributed by atoms with Crippen LogP contribution in [-0.4, -0.2) is 53.4 Å². The Morgan fingerprint density at radius 3 is 2.39 bits per heavy atom. The van der Waals surface area contributed by atoms with Crippen LogP contribution in [0.15, 0.2) is 48.5 Å². The minimum Gasteiger partial charge on any atom is -0.465 e. The van der Waals surface area contributed by atoms with Crippen molar-refractivity contribution in [1.29, 1.82) is 0 Å². The van der Waals surface area contributed by atoms with Gasteiger partial charge in [-0.15, -0.1) is 0 Å². The van der Waals surface area contributed by atoms with Gasteiger partial charge in [-0.2, -0.15) is 0 Å². The maximum Gasteiger partial charge on any atom is 0.404 e. The molecule has 7 nitrogen and oxygen atoms in total. The fraction of sp³-hybridized carbons (Fsp3) is 0.417. The molecule has 3 rings (SSSR count). The molecular formula is C24H31N3O4. The van der Waals surface area contributed by atoms with Gasteiger partial charge in [0.15, 0.2) is 0 Å². The van der Waals surface area contributed by atoms with Crippen LogP contribution in [0.3, 0.4) is 0 Å². The van der Waals surface area contributed by atoms with Gasteiger partial charge in [-0.25, -0.2) is 9.80 Å². The van der Waals surface area contributed by atoms with Gasteiger partial charge in [0, 0.05) is 25.2 Å². The molecule has 2 aromatic carbocycles. The molecule has 1 saturated heterocycles. The molecule has 0 aliphatic carbocycles. The quantitative estimate of drug-likeness (QED) is 0.738. The van der Waals surface area contributed by atoms with Crippen molar-refractivity contribution in [1.82, 2.24) is 15.3 Å². The number of rotatable bonds is 6. The van der Waals surface area contributed by atoms with E-state index in [9.17, 15) is 9.59 Å². The van der Waals surface area contributed by atoms with Crippen molar-refractivity contribution in [2.75, 3.05) is 26.3 Å². The monoisotopic (exact) mass is 425 g/mol. The molecule has 2 aromatic rings. The van der Waals surface area contributed by atoms with Crippen molar-refractivity contribution in [2.24, 2.45) is 0 Å². The van der Waals surface area contributed by atoms with Gasteiger partial charge in [0.25, 0.3) is 5.91 Å². The zero-order valence-electron chi connectivity index (χ0n) is 18.4. The van der Waals surface area contributed by atoms with Crippen LogP contribution in [-0.2, 0) is 23.2 Å². The van der Waals surface area contributed by atoms with Crippen molar-refractivity contribution in [2.45, 2.75) is 39.3 Å². The Hall–Kier alpha value is -2.90. The minimum atomic E-state index is -1.07. The van der Waals surface area contributed by atoms with Crippen molar-refractivity contribution < 1.29 is 19.4 Å². The molecule has 166 valence electrons. The second-order valence-electron chi connectivity index (χ2n) is 8.70. The highest BCUT2D eigenvalue weighted by Gasteiger charge is 2.27. The van der Waals surface area contributed by atoms with E-state index in [4.69, 9.17) is 9.84 Å². The molecule has 0 saturated carbocycles. The number of carbonyl (C=O) groups is 2.